The number of unbranched alkanes of at least 4 members (excludes halogenated alkanes) is 1. The number of pyridine rings is 1. The van der Waals surface area contributed by atoms with Crippen LogP contribution in [-0.4, -0.2) is 36.5 Å². The summed E-state index contributed by atoms with van der Waals surface area (Å²) in [7, 11) is 0. The summed E-state index contributed by atoms with van der Waals surface area (Å²) in [6, 6.07) is 10.2. The van der Waals surface area contributed by atoms with Crippen molar-refractivity contribution < 1.29 is 19.1 Å². The van der Waals surface area contributed by atoms with E-state index in [1.165, 1.54) is 11.1 Å². The highest BCUT2D eigenvalue weighted by molar-refractivity contribution is 5.82. The molecule has 2 aliphatic heterocycles. The van der Waals surface area contributed by atoms with Gasteiger partial charge in [0.2, 0.25) is 0 Å². The number of hydrogen-bond acceptors (Lipinski definition) is 6. The summed E-state index contributed by atoms with van der Waals surface area (Å²) in [4.78, 5) is 29.9. The number of aryl methyl sites for hydroxylation is 2. The number of esters is 1. The molecule has 2 aromatic rings. The van der Waals surface area contributed by atoms with Crippen molar-refractivity contribution in [1.82, 2.24) is 4.98 Å². The third-order valence-electron chi connectivity index (χ3n) is 6.50. The smallest absolute Gasteiger partial charge is 0.313 e. The van der Waals surface area contributed by atoms with Crippen LogP contribution in [0.1, 0.15) is 73.8 Å². The molecule has 0 saturated carbocycles. The molecule has 0 unspecified atom stereocenters. The summed E-state index contributed by atoms with van der Waals surface area (Å²) >= 11 is 0. The first-order valence-electron chi connectivity index (χ1n) is 12.3. The molecule has 6 heteroatoms. The molecule has 176 valence electrons. The van der Waals surface area contributed by atoms with Crippen LogP contribution in [0.15, 0.2) is 30.3 Å². The zero-order valence-corrected chi connectivity index (χ0v) is 19.5. The Bertz CT molecular complexity index is 988. The van der Waals surface area contributed by atoms with Crippen LogP contribution in [0.3, 0.4) is 0 Å². The number of benzene rings is 1. The molecule has 1 aromatic heterocycles. The van der Waals surface area contributed by atoms with Crippen molar-refractivity contribution in [2.24, 2.45) is 0 Å². The van der Waals surface area contributed by atoms with Crippen molar-refractivity contribution in [3.05, 3.63) is 52.7 Å². The second-order valence-electron chi connectivity index (χ2n) is 8.90. The van der Waals surface area contributed by atoms with Gasteiger partial charge in [0.05, 0.1) is 19.1 Å². The number of Topliss-reactive ketones (excluding diaryl/α,β-unsaturated/α-hetero) is 1. The molecule has 0 radical (unpaired) electrons. The summed E-state index contributed by atoms with van der Waals surface area (Å²) < 4.78 is 11.0. The number of carbonyl (C=O) groups is 2. The van der Waals surface area contributed by atoms with Gasteiger partial charge in [-0.15, -0.1) is 0 Å². The standard InChI is InChI=1S/C27H34N2O4/c1-2-32-27(31)24(21-10-9-19-15-17-33-25(19)18-21)14-13-23(30)8-4-3-7-22-12-11-20-6-5-16-28-26(20)29-22/h9-12,18,24H,2-8,13-17H2,1H3,(H,28,29)/t24-/m0/s1. The first-order chi connectivity index (χ1) is 16.1. The van der Waals surface area contributed by atoms with Crippen LogP contribution in [-0.2, 0) is 33.6 Å². The zero-order chi connectivity index (χ0) is 23.0. The molecule has 0 saturated heterocycles. The fourth-order valence-corrected chi connectivity index (χ4v) is 4.63. The van der Waals surface area contributed by atoms with E-state index in [0.29, 0.717) is 32.5 Å². The highest BCUT2D eigenvalue weighted by Gasteiger charge is 2.25. The lowest BCUT2D eigenvalue weighted by Gasteiger charge is -2.17. The van der Waals surface area contributed by atoms with Gasteiger partial charge in [-0.05, 0) is 74.3 Å². The minimum atomic E-state index is -0.435. The predicted octanol–water partition coefficient (Wildman–Crippen LogP) is 4.78. The first kappa shape index (κ1) is 23.3. The Labute approximate surface area is 196 Å². The number of fused-ring (bicyclic) bond motifs is 2. The van der Waals surface area contributed by atoms with Crippen molar-refractivity contribution in [2.75, 3.05) is 25.1 Å². The fourth-order valence-electron chi connectivity index (χ4n) is 4.63. The monoisotopic (exact) mass is 450 g/mol. The summed E-state index contributed by atoms with van der Waals surface area (Å²) in [6.07, 6.45) is 7.17. The van der Waals surface area contributed by atoms with Gasteiger partial charge >= 0.3 is 5.97 Å². The van der Waals surface area contributed by atoms with Crippen molar-refractivity contribution >= 4 is 17.6 Å². The Morgan fingerprint density at radius 1 is 1.12 bits per heavy atom. The van der Waals surface area contributed by atoms with Crippen LogP contribution in [0, 0.1) is 0 Å². The molecule has 6 nitrogen and oxygen atoms in total. The predicted molar refractivity (Wildman–Crippen MR) is 128 cm³/mol. The van der Waals surface area contributed by atoms with E-state index in [0.717, 1.165) is 67.9 Å². The van der Waals surface area contributed by atoms with E-state index < -0.39 is 5.92 Å². The quantitative estimate of drug-likeness (QED) is 0.392. The van der Waals surface area contributed by atoms with E-state index in [1.54, 1.807) is 6.92 Å². The number of hydrogen-bond donors (Lipinski definition) is 1. The van der Waals surface area contributed by atoms with Crippen molar-refractivity contribution in [1.29, 1.82) is 0 Å². The maximum Gasteiger partial charge on any atom is 0.313 e. The number of aromatic nitrogens is 1. The van der Waals surface area contributed by atoms with Gasteiger partial charge in [0, 0.05) is 31.5 Å². The Balaban J connectivity index is 1.25. The number of rotatable bonds is 11. The average molecular weight is 451 g/mol. The van der Waals surface area contributed by atoms with Crippen LogP contribution in [0.5, 0.6) is 5.75 Å². The number of nitrogens with one attached hydrogen (secondary N) is 1. The Kier molecular flexibility index (Phi) is 7.97. The number of ether oxygens (including phenoxy) is 2. The summed E-state index contributed by atoms with van der Waals surface area (Å²) in [5.74, 6) is 1.36. The van der Waals surface area contributed by atoms with Crippen LogP contribution in [0.4, 0.5) is 5.82 Å². The molecule has 4 rings (SSSR count). The molecule has 2 aliphatic rings. The Morgan fingerprint density at radius 2 is 2.00 bits per heavy atom. The fraction of sp³-hybridized carbons (Fsp3) is 0.519. The molecule has 1 N–H and O–H groups in total. The highest BCUT2D eigenvalue weighted by atomic mass is 16.5. The van der Waals surface area contributed by atoms with Gasteiger partial charge < -0.3 is 14.8 Å². The van der Waals surface area contributed by atoms with Crippen LogP contribution >= 0.6 is 0 Å². The lowest BCUT2D eigenvalue weighted by molar-refractivity contribution is -0.145. The Hall–Kier alpha value is -2.89. The second-order valence-corrected chi connectivity index (χ2v) is 8.90. The SMILES string of the molecule is CCOC(=O)[C@@H](CCC(=O)CCCCc1ccc2c(n1)NCCC2)c1ccc2c(c1)OCC2. The van der Waals surface area contributed by atoms with Crippen LogP contribution in [0.2, 0.25) is 0 Å². The van der Waals surface area contributed by atoms with E-state index in [-0.39, 0.29) is 11.8 Å². The number of anilines is 1. The average Bonchev–Trinajstić information content (AvgIpc) is 3.30. The van der Waals surface area contributed by atoms with Gasteiger partial charge in [-0.3, -0.25) is 9.59 Å². The first-order valence-corrected chi connectivity index (χ1v) is 12.3. The molecule has 0 bridgehead atoms. The van der Waals surface area contributed by atoms with Gasteiger partial charge in [0.15, 0.2) is 0 Å². The molecule has 1 aromatic carbocycles. The van der Waals surface area contributed by atoms with E-state index in [4.69, 9.17) is 14.5 Å². The van der Waals surface area contributed by atoms with Gasteiger partial charge in [-0.1, -0.05) is 18.2 Å². The normalized spacial score (nSPS) is 15.1. The van der Waals surface area contributed by atoms with E-state index in [9.17, 15) is 9.59 Å². The lowest BCUT2D eigenvalue weighted by Crippen LogP contribution is -2.17. The largest absolute Gasteiger partial charge is 0.493 e. The molecule has 0 fully saturated rings. The molecular formula is C27H34N2O4. The number of ketones is 1. The third-order valence-corrected chi connectivity index (χ3v) is 6.50. The molecule has 33 heavy (non-hydrogen) atoms. The van der Waals surface area contributed by atoms with Gasteiger partial charge in [0.1, 0.15) is 17.4 Å². The van der Waals surface area contributed by atoms with Crippen molar-refractivity contribution in [3.8, 4) is 5.75 Å². The maximum absolute atomic E-state index is 12.6. The number of nitrogens with zero attached hydrogens (tertiary/aromatic N) is 1. The maximum atomic E-state index is 12.6. The van der Waals surface area contributed by atoms with Gasteiger partial charge in [-0.2, -0.15) is 0 Å². The molecule has 0 spiro atoms. The second kappa shape index (κ2) is 11.3. The molecule has 3 heterocycles. The molecule has 0 aliphatic carbocycles. The topological polar surface area (TPSA) is 77.5 Å². The third kappa shape index (κ3) is 6.12. The number of carbonyl (C=O) groups excluding carboxylic acids is 2. The van der Waals surface area contributed by atoms with E-state index in [1.807, 2.05) is 18.2 Å². The summed E-state index contributed by atoms with van der Waals surface area (Å²) in [6.45, 7) is 3.80. The van der Waals surface area contributed by atoms with Crippen LogP contribution in [0.25, 0.3) is 0 Å². The zero-order valence-electron chi connectivity index (χ0n) is 19.5. The Morgan fingerprint density at radius 3 is 2.88 bits per heavy atom. The molecule has 1 atom stereocenters. The van der Waals surface area contributed by atoms with E-state index in [2.05, 4.69) is 17.4 Å². The van der Waals surface area contributed by atoms with Gasteiger partial charge in [0.25, 0.3) is 0 Å². The molecule has 0 amide bonds. The summed E-state index contributed by atoms with van der Waals surface area (Å²) in [5.41, 5.74) is 4.42. The summed E-state index contributed by atoms with van der Waals surface area (Å²) in [5, 5.41) is 3.37. The molecular weight excluding hydrogens is 416 g/mol. The minimum absolute atomic E-state index is 0.196. The van der Waals surface area contributed by atoms with E-state index >= 15 is 0 Å². The van der Waals surface area contributed by atoms with Crippen LogP contribution < -0.4 is 10.1 Å². The highest BCUT2D eigenvalue weighted by Crippen LogP contribution is 2.32. The van der Waals surface area contributed by atoms with Crippen molar-refractivity contribution in [2.45, 2.75) is 70.6 Å². The lowest BCUT2D eigenvalue weighted by atomic mass is 9.91. The minimum Gasteiger partial charge on any atom is -0.493 e. The van der Waals surface area contributed by atoms with Crippen molar-refractivity contribution in [3.63, 3.8) is 0 Å². The van der Waals surface area contributed by atoms with Gasteiger partial charge in [-0.25, -0.2) is 4.98 Å².